The van der Waals surface area contributed by atoms with Crippen LogP contribution in [-0.4, -0.2) is 30.9 Å². The highest BCUT2D eigenvalue weighted by Gasteiger charge is 2.63. The molecule has 2 aliphatic heterocycles. The lowest BCUT2D eigenvalue weighted by molar-refractivity contribution is -0.121. The number of ketones is 1. The number of Topliss-reactive ketones (excluding diaryl/α,β-unsaturated/α-hetero) is 1. The van der Waals surface area contributed by atoms with Crippen molar-refractivity contribution in [3.05, 3.63) is 65.4 Å². The Bertz CT molecular complexity index is 1110. The molecule has 4 rings (SSSR count). The predicted octanol–water partition coefficient (Wildman–Crippen LogP) is 3.82. The number of hydrogen-bond acceptors (Lipinski definition) is 6. The number of para-hydroxylation sites is 1. The van der Waals surface area contributed by atoms with Crippen LogP contribution in [0, 0.1) is 28.1 Å². The lowest BCUT2D eigenvalue weighted by Gasteiger charge is -2.34. The zero-order chi connectivity index (χ0) is 21.5. The standard InChI is InChI=1S/C24H21N3O3/c1-15(28)21-20(18-9-6-10-19(29-2)22(18)30-3)24(13-25,14-26)23-17-8-5-4-7-16(17)11-12-27(21)23/h4-12,20-21,23H,1-3H3/t20-,21-,23-/m0/s1. The van der Waals surface area contributed by atoms with Crippen LogP contribution in [0.1, 0.15) is 35.6 Å². The van der Waals surface area contributed by atoms with E-state index < -0.39 is 23.4 Å². The quantitative estimate of drug-likeness (QED) is 0.777. The third kappa shape index (κ3) is 2.51. The Morgan fingerprint density at radius 1 is 1.03 bits per heavy atom. The lowest BCUT2D eigenvalue weighted by Crippen LogP contribution is -2.36. The highest BCUT2D eigenvalue weighted by Crippen LogP contribution is 2.61. The van der Waals surface area contributed by atoms with E-state index in [9.17, 15) is 15.3 Å². The van der Waals surface area contributed by atoms with Gasteiger partial charge in [0.1, 0.15) is 0 Å². The number of ether oxygens (including phenoxy) is 2. The summed E-state index contributed by atoms with van der Waals surface area (Å²) >= 11 is 0. The minimum absolute atomic E-state index is 0.119. The van der Waals surface area contributed by atoms with Gasteiger partial charge in [-0.25, -0.2) is 0 Å². The van der Waals surface area contributed by atoms with E-state index >= 15 is 0 Å². The Balaban J connectivity index is 2.04. The number of fused-ring (bicyclic) bond motifs is 3. The molecule has 0 spiro atoms. The third-order valence-corrected chi connectivity index (χ3v) is 6.13. The van der Waals surface area contributed by atoms with Gasteiger partial charge in [0.05, 0.1) is 38.4 Å². The summed E-state index contributed by atoms with van der Waals surface area (Å²) in [7, 11) is 3.05. The van der Waals surface area contributed by atoms with Crippen LogP contribution in [-0.2, 0) is 4.79 Å². The summed E-state index contributed by atoms with van der Waals surface area (Å²) in [6.07, 6.45) is 3.75. The summed E-state index contributed by atoms with van der Waals surface area (Å²) in [5.74, 6) is 0.0771. The third-order valence-electron chi connectivity index (χ3n) is 6.13. The second-order valence-corrected chi connectivity index (χ2v) is 7.50. The van der Waals surface area contributed by atoms with Gasteiger partial charge in [-0.2, -0.15) is 10.5 Å². The Labute approximate surface area is 175 Å². The van der Waals surface area contributed by atoms with Gasteiger partial charge in [-0.1, -0.05) is 36.4 Å². The molecule has 2 heterocycles. The van der Waals surface area contributed by atoms with Crippen LogP contribution in [0.2, 0.25) is 0 Å². The molecule has 0 N–H and O–H groups in total. The van der Waals surface area contributed by atoms with Gasteiger partial charge in [-0.05, 0) is 30.2 Å². The zero-order valence-corrected chi connectivity index (χ0v) is 17.0. The summed E-state index contributed by atoms with van der Waals surface area (Å²) in [5, 5.41) is 20.8. The van der Waals surface area contributed by atoms with Gasteiger partial charge < -0.3 is 14.4 Å². The van der Waals surface area contributed by atoms with Crippen LogP contribution >= 0.6 is 0 Å². The first-order chi connectivity index (χ1) is 14.5. The predicted molar refractivity (Wildman–Crippen MR) is 110 cm³/mol. The SMILES string of the molecule is COc1cccc([C@H]2[C@H](C(C)=O)N3C=Cc4ccccc4[C@H]3C2(C#N)C#N)c1OC. The van der Waals surface area contributed by atoms with Gasteiger partial charge in [0, 0.05) is 17.7 Å². The van der Waals surface area contributed by atoms with E-state index in [1.165, 1.54) is 21.1 Å². The van der Waals surface area contributed by atoms with E-state index in [-0.39, 0.29) is 5.78 Å². The molecule has 2 aliphatic rings. The average molecular weight is 399 g/mol. The molecule has 1 saturated heterocycles. The maximum absolute atomic E-state index is 12.9. The van der Waals surface area contributed by atoms with Gasteiger partial charge in [0.15, 0.2) is 22.7 Å². The first kappa shape index (κ1) is 19.5. The van der Waals surface area contributed by atoms with Crippen LogP contribution in [0.25, 0.3) is 6.08 Å². The minimum Gasteiger partial charge on any atom is -0.493 e. The fraction of sp³-hybridized carbons (Fsp3) is 0.292. The number of methoxy groups -OCH3 is 2. The van der Waals surface area contributed by atoms with Crippen LogP contribution in [0.5, 0.6) is 11.5 Å². The maximum Gasteiger partial charge on any atom is 0.177 e. The molecule has 3 atom stereocenters. The lowest BCUT2D eigenvalue weighted by atomic mass is 9.67. The number of rotatable bonds is 4. The largest absolute Gasteiger partial charge is 0.493 e. The molecule has 0 radical (unpaired) electrons. The molecule has 30 heavy (non-hydrogen) atoms. The summed E-state index contributed by atoms with van der Waals surface area (Å²) in [6, 6.07) is 16.3. The number of hydrogen-bond donors (Lipinski definition) is 0. The summed E-state index contributed by atoms with van der Waals surface area (Å²) in [5.41, 5.74) is 0.907. The fourth-order valence-corrected chi connectivity index (χ4v) is 4.95. The number of benzene rings is 2. The van der Waals surface area contributed by atoms with Crippen molar-refractivity contribution >= 4 is 11.9 Å². The summed E-state index contributed by atoms with van der Waals surface area (Å²) in [6.45, 7) is 1.50. The van der Waals surface area contributed by atoms with Crippen molar-refractivity contribution in [3.8, 4) is 23.6 Å². The molecule has 150 valence electrons. The highest BCUT2D eigenvalue weighted by molar-refractivity contribution is 5.85. The molecule has 0 aromatic heterocycles. The van der Waals surface area contributed by atoms with Crippen LogP contribution in [0.4, 0.5) is 0 Å². The van der Waals surface area contributed by atoms with E-state index in [4.69, 9.17) is 9.47 Å². The van der Waals surface area contributed by atoms with Crippen LogP contribution in [0.15, 0.2) is 48.7 Å². The van der Waals surface area contributed by atoms with Crippen molar-refractivity contribution in [1.29, 1.82) is 10.5 Å². The second kappa shape index (κ2) is 7.24. The summed E-state index contributed by atoms with van der Waals surface area (Å²) < 4.78 is 11.1. The van der Waals surface area contributed by atoms with Crippen molar-refractivity contribution in [3.63, 3.8) is 0 Å². The first-order valence-electron chi connectivity index (χ1n) is 9.62. The molecule has 0 amide bonds. The Morgan fingerprint density at radius 2 is 1.73 bits per heavy atom. The van der Waals surface area contributed by atoms with Crippen molar-refractivity contribution in [2.45, 2.75) is 24.9 Å². The van der Waals surface area contributed by atoms with Crippen molar-refractivity contribution in [2.75, 3.05) is 14.2 Å². The number of nitrogens with zero attached hydrogens (tertiary/aromatic N) is 3. The molecule has 2 aromatic rings. The average Bonchev–Trinajstić information content (AvgIpc) is 3.09. The molecule has 0 aliphatic carbocycles. The maximum atomic E-state index is 12.9. The van der Waals surface area contributed by atoms with Gasteiger partial charge in [0.25, 0.3) is 0 Å². The van der Waals surface area contributed by atoms with E-state index in [1.807, 2.05) is 41.4 Å². The molecule has 0 bridgehead atoms. The molecule has 1 fully saturated rings. The molecular formula is C24H21N3O3. The van der Waals surface area contributed by atoms with Crippen molar-refractivity contribution < 1.29 is 14.3 Å². The van der Waals surface area contributed by atoms with Gasteiger partial charge in [-0.3, -0.25) is 4.79 Å². The van der Waals surface area contributed by atoms with Crippen molar-refractivity contribution in [1.82, 2.24) is 4.90 Å². The van der Waals surface area contributed by atoms with Gasteiger partial charge >= 0.3 is 0 Å². The first-order valence-corrected chi connectivity index (χ1v) is 9.62. The monoisotopic (exact) mass is 399 g/mol. The normalized spacial score (nSPS) is 23.0. The van der Waals surface area contributed by atoms with E-state index in [0.29, 0.717) is 17.1 Å². The van der Waals surface area contributed by atoms with Gasteiger partial charge in [-0.15, -0.1) is 0 Å². The molecule has 0 unspecified atom stereocenters. The smallest absolute Gasteiger partial charge is 0.177 e. The number of carbonyl (C=O) groups excluding carboxylic acids is 1. The molecule has 6 nitrogen and oxygen atoms in total. The number of nitriles is 2. The number of carbonyl (C=O) groups is 1. The van der Waals surface area contributed by atoms with Crippen LogP contribution in [0.3, 0.4) is 0 Å². The Morgan fingerprint density at radius 3 is 2.37 bits per heavy atom. The van der Waals surface area contributed by atoms with E-state index in [1.54, 1.807) is 18.2 Å². The molecule has 0 saturated carbocycles. The Kier molecular flexibility index (Phi) is 4.72. The van der Waals surface area contributed by atoms with E-state index in [2.05, 4.69) is 12.1 Å². The zero-order valence-electron chi connectivity index (χ0n) is 17.0. The molecule has 6 heteroatoms. The topological polar surface area (TPSA) is 86.4 Å². The second-order valence-electron chi connectivity index (χ2n) is 7.50. The fourth-order valence-electron chi connectivity index (χ4n) is 4.95. The summed E-state index contributed by atoms with van der Waals surface area (Å²) in [4.78, 5) is 14.8. The minimum atomic E-state index is -1.50. The molecular weight excluding hydrogens is 378 g/mol. The van der Waals surface area contributed by atoms with Crippen molar-refractivity contribution in [2.24, 2.45) is 5.41 Å². The highest BCUT2D eigenvalue weighted by atomic mass is 16.5. The molecule has 2 aromatic carbocycles. The van der Waals surface area contributed by atoms with Crippen LogP contribution < -0.4 is 9.47 Å². The van der Waals surface area contributed by atoms with Gasteiger partial charge in [0.2, 0.25) is 0 Å². The Hall–Kier alpha value is -3.77. The van der Waals surface area contributed by atoms with E-state index in [0.717, 1.165) is 11.1 Å².